The van der Waals surface area contributed by atoms with Crippen LogP contribution in [-0.4, -0.2) is 23.2 Å². The zero-order valence-corrected chi connectivity index (χ0v) is 12.4. The van der Waals surface area contributed by atoms with E-state index in [1.807, 2.05) is 6.07 Å². The number of aliphatic carboxylic acids is 1. The molecule has 1 aromatic rings. The number of hydrogen-bond donors (Lipinski definition) is 2. The van der Waals surface area contributed by atoms with Gasteiger partial charge in [0.05, 0.1) is 0 Å². The molecule has 3 nitrogen and oxygen atoms in total. The molecular weight excluding hydrogens is 250 g/mol. The number of rotatable bonds is 7. The van der Waals surface area contributed by atoms with Crippen LogP contribution >= 0.6 is 0 Å². The highest BCUT2D eigenvalue weighted by Crippen LogP contribution is 2.43. The van der Waals surface area contributed by atoms with Gasteiger partial charge in [-0.15, -0.1) is 0 Å². The first-order chi connectivity index (χ1) is 9.55. The fourth-order valence-corrected chi connectivity index (χ4v) is 3.19. The van der Waals surface area contributed by atoms with Crippen LogP contribution in [0.2, 0.25) is 0 Å². The second kappa shape index (κ2) is 6.40. The summed E-state index contributed by atoms with van der Waals surface area (Å²) in [5.41, 5.74) is 1.56. The van der Waals surface area contributed by atoms with E-state index in [0.717, 1.165) is 32.1 Å². The van der Waals surface area contributed by atoms with Crippen molar-refractivity contribution in [3.8, 4) is 0 Å². The van der Waals surface area contributed by atoms with Crippen molar-refractivity contribution in [2.24, 2.45) is 0 Å². The molecule has 0 radical (unpaired) electrons. The summed E-state index contributed by atoms with van der Waals surface area (Å²) >= 11 is 0. The van der Waals surface area contributed by atoms with Gasteiger partial charge < -0.3 is 10.4 Å². The van der Waals surface area contributed by atoms with Crippen molar-refractivity contribution in [1.29, 1.82) is 0 Å². The molecule has 1 aliphatic rings. The highest BCUT2D eigenvalue weighted by molar-refractivity contribution is 5.73. The summed E-state index contributed by atoms with van der Waals surface area (Å²) in [6.07, 6.45) is 4.77. The molecule has 0 amide bonds. The van der Waals surface area contributed by atoms with Crippen molar-refractivity contribution in [3.63, 3.8) is 0 Å². The minimum atomic E-state index is -0.716. The average molecular weight is 275 g/mol. The first kappa shape index (κ1) is 15.0. The molecule has 3 heteroatoms. The zero-order valence-electron chi connectivity index (χ0n) is 12.4. The lowest BCUT2D eigenvalue weighted by molar-refractivity contribution is -0.140. The largest absolute Gasteiger partial charge is 0.480 e. The van der Waals surface area contributed by atoms with Crippen LogP contribution in [-0.2, 0) is 10.2 Å². The fraction of sp³-hybridized carbons (Fsp3) is 0.588. The van der Waals surface area contributed by atoms with Crippen molar-refractivity contribution in [2.75, 3.05) is 0 Å². The molecule has 0 unspecified atom stereocenters. The Morgan fingerprint density at radius 1 is 1.40 bits per heavy atom. The van der Waals surface area contributed by atoms with E-state index >= 15 is 0 Å². The molecule has 1 aliphatic carbocycles. The Morgan fingerprint density at radius 2 is 2.05 bits per heavy atom. The summed E-state index contributed by atoms with van der Waals surface area (Å²) in [7, 11) is 0. The lowest BCUT2D eigenvalue weighted by Crippen LogP contribution is -2.54. The number of nitrogens with one attached hydrogen (secondary N) is 1. The SMILES string of the molecule is CCCC[C@H](NC1CC(C)(c2ccccc2)C1)C(=O)O. The van der Waals surface area contributed by atoms with Crippen LogP contribution in [0.1, 0.15) is 51.5 Å². The van der Waals surface area contributed by atoms with Gasteiger partial charge in [0.2, 0.25) is 0 Å². The van der Waals surface area contributed by atoms with Crippen molar-refractivity contribution >= 4 is 5.97 Å². The molecule has 0 aliphatic heterocycles. The Bertz CT molecular complexity index is 438. The lowest BCUT2D eigenvalue weighted by Gasteiger charge is -2.47. The maximum Gasteiger partial charge on any atom is 0.320 e. The molecule has 1 fully saturated rings. The van der Waals surface area contributed by atoms with Crippen molar-refractivity contribution in [3.05, 3.63) is 35.9 Å². The third kappa shape index (κ3) is 3.40. The van der Waals surface area contributed by atoms with Crippen LogP contribution in [0.3, 0.4) is 0 Å². The standard InChI is InChI=1S/C17H25NO2/c1-3-4-10-15(16(19)20)18-14-11-17(2,12-14)13-8-6-5-7-9-13/h5-9,14-15,18H,3-4,10-12H2,1-2H3,(H,19,20)/t14?,15-,17?/m0/s1. The molecule has 1 aromatic carbocycles. The topological polar surface area (TPSA) is 49.3 Å². The number of carboxylic acids is 1. The molecular formula is C17H25NO2. The van der Waals surface area contributed by atoms with Gasteiger partial charge >= 0.3 is 5.97 Å². The van der Waals surface area contributed by atoms with E-state index in [9.17, 15) is 9.90 Å². The first-order valence-corrected chi connectivity index (χ1v) is 7.59. The second-order valence-electron chi connectivity index (χ2n) is 6.23. The Kier molecular flexibility index (Phi) is 4.81. The van der Waals surface area contributed by atoms with Gasteiger partial charge in [-0.2, -0.15) is 0 Å². The summed E-state index contributed by atoms with van der Waals surface area (Å²) < 4.78 is 0. The maximum atomic E-state index is 11.2. The predicted octanol–water partition coefficient (Wildman–Crippen LogP) is 3.34. The number of benzene rings is 1. The predicted molar refractivity (Wildman–Crippen MR) is 80.9 cm³/mol. The van der Waals surface area contributed by atoms with Gasteiger partial charge in [-0.05, 0) is 30.2 Å². The quantitative estimate of drug-likeness (QED) is 0.802. The van der Waals surface area contributed by atoms with Gasteiger partial charge in [-0.3, -0.25) is 4.79 Å². The van der Waals surface area contributed by atoms with Crippen LogP contribution in [0.25, 0.3) is 0 Å². The minimum Gasteiger partial charge on any atom is -0.480 e. The highest BCUT2D eigenvalue weighted by atomic mass is 16.4. The summed E-state index contributed by atoms with van der Waals surface area (Å²) in [6, 6.07) is 10.5. The molecule has 2 rings (SSSR count). The first-order valence-electron chi connectivity index (χ1n) is 7.59. The highest BCUT2D eigenvalue weighted by Gasteiger charge is 2.42. The summed E-state index contributed by atoms with van der Waals surface area (Å²) in [5.74, 6) is -0.716. The van der Waals surface area contributed by atoms with Crippen LogP contribution in [0.5, 0.6) is 0 Å². The van der Waals surface area contributed by atoms with Crippen molar-refractivity contribution in [1.82, 2.24) is 5.32 Å². The molecule has 0 saturated heterocycles. The van der Waals surface area contributed by atoms with E-state index in [4.69, 9.17) is 0 Å². The van der Waals surface area contributed by atoms with E-state index in [2.05, 4.69) is 43.4 Å². The van der Waals surface area contributed by atoms with Crippen molar-refractivity contribution in [2.45, 2.75) is 63.5 Å². The molecule has 1 atom stereocenters. The van der Waals surface area contributed by atoms with Gasteiger partial charge in [0.15, 0.2) is 0 Å². The lowest BCUT2D eigenvalue weighted by atomic mass is 9.63. The van der Waals surface area contributed by atoms with Crippen molar-refractivity contribution < 1.29 is 9.90 Å². The van der Waals surface area contributed by atoms with Crippen LogP contribution < -0.4 is 5.32 Å². The van der Waals surface area contributed by atoms with Crippen LogP contribution in [0.15, 0.2) is 30.3 Å². The number of hydrogen-bond acceptors (Lipinski definition) is 2. The van der Waals surface area contributed by atoms with Crippen LogP contribution in [0.4, 0.5) is 0 Å². The van der Waals surface area contributed by atoms with Gasteiger partial charge in [0.25, 0.3) is 0 Å². The van der Waals surface area contributed by atoms with Gasteiger partial charge in [0.1, 0.15) is 6.04 Å². The number of unbranched alkanes of at least 4 members (excludes halogenated alkanes) is 1. The zero-order chi connectivity index (χ0) is 14.6. The molecule has 1 saturated carbocycles. The summed E-state index contributed by atoms with van der Waals surface area (Å²) in [6.45, 7) is 4.36. The smallest absolute Gasteiger partial charge is 0.320 e. The second-order valence-corrected chi connectivity index (χ2v) is 6.23. The minimum absolute atomic E-state index is 0.201. The molecule has 2 N–H and O–H groups in total. The van der Waals surface area contributed by atoms with E-state index < -0.39 is 5.97 Å². The van der Waals surface area contributed by atoms with Gasteiger partial charge in [-0.1, -0.05) is 57.0 Å². The van der Waals surface area contributed by atoms with Gasteiger partial charge in [0, 0.05) is 6.04 Å². The molecule has 0 aromatic heterocycles. The third-order valence-corrected chi connectivity index (χ3v) is 4.45. The Balaban J connectivity index is 1.87. The average Bonchev–Trinajstić information content (AvgIpc) is 2.41. The number of carbonyl (C=O) groups is 1. The third-order valence-electron chi connectivity index (χ3n) is 4.45. The van der Waals surface area contributed by atoms with E-state index in [1.54, 1.807) is 0 Å². The monoisotopic (exact) mass is 275 g/mol. The fourth-order valence-electron chi connectivity index (χ4n) is 3.19. The van der Waals surface area contributed by atoms with E-state index in [1.165, 1.54) is 5.56 Å². The van der Waals surface area contributed by atoms with E-state index in [0.29, 0.717) is 6.04 Å². The molecule has 110 valence electrons. The summed E-state index contributed by atoms with van der Waals surface area (Å²) in [4.78, 5) is 11.2. The normalized spacial score (nSPS) is 26.8. The summed E-state index contributed by atoms with van der Waals surface area (Å²) in [5, 5.41) is 12.6. The Morgan fingerprint density at radius 3 is 2.60 bits per heavy atom. The Labute approximate surface area is 121 Å². The molecule has 0 spiro atoms. The van der Waals surface area contributed by atoms with Gasteiger partial charge in [-0.25, -0.2) is 0 Å². The molecule has 0 bridgehead atoms. The Hall–Kier alpha value is -1.35. The maximum absolute atomic E-state index is 11.2. The molecule has 20 heavy (non-hydrogen) atoms. The molecule has 0 heterocycles. The number of carboxylic acid groups (broad SMARTS) is 1. The van der Waals surface area contributed by atoms with Crippen LogP contribution in [0, 0.1) is 0 Å². The van der Waals surface area contributed by atoms with E-state index in [-0.39, 0.29) is 11.5 Å².